The zero-order valence-corrected chi connectivity index (χ0v) is 11.2. The molecule has 104 valence electrons. The number of ether oxygens (including phenoxy) is 1. The number of amides is 1. The summed E-state index contributed by atoms with van der Waals surface area (Å²) in [6.45, 7) is 1.97. The molecule has 0 aliphatic rings. The maximum atomic E-state index is 13.2. The van der Waals surface area contributed by atoms with Gasteiger partial charge in [0.25, 0.3) is 5.91 Å². The third-order valence-corrected chi connectivity index (χ3v) is 2.68. The highest BCUT2D eigenvalue weighted by Gasteiger charge is 2.08. The quantitative estimate of drug-likeness (QED) is 0.925. The lowest BCUT2D eigenvalue weighted by Gasteiger charge is -2.07. The van der Waals surface area contributed by atoms with E-state index >= 15 is 0 Å². The number of benzene rings is 1. The molecule has 0 atom stereocenters. The van der Waals surface area contributed by atoms with E-state index in [2.05, 4.69) is 15.3 Å². The van der Waals surface area contributed by atoms with Crippen molar-refractivity contribution in [2.45, 2.75) is 13.5 Å². The molecule has 0 fully saturated rings. The normalized spacial score (nSPS) is 10.2. The van der Waals surface area contributed by atoms with Crippen LogP contribution in [-0.2, 0) is 6.54 Å². The number of aromatic nitrogens is 2. The Kier molecular flexibility index (Phi) is 4.24. The van der Waals surface area contributed by atoms with Gasteiger partial charge in [0, 0.05) is 12.7 Å². The van der Waals surface area contributed by atoms with Gasteiger partial charge in [-0.25, -0.2) is 14.4 Å². The minimum atomic E-state index is -0.436. The van der Waals surface area contributed by atoms with Gasteiger partial charge in [0.15, 0.2) is 11.6 Å². The zero-order chi connectivity index (χ0) is 14.5. The molecule has 0 saturated heterocycles. The number of aryl methyl sites for hydroxylation is 1. The Morgan fingerprint density at radius 3 is 2.90 bits per heavy atom. The zero-order valence-electron chi connectivity index (χ0n) is 11.2. The molecule has 0 aliphatic heterocycles. The summed E-state index contributed by atoms with van der Waals surface area (Å²) in [7, 11) is 1.39. The van der Waals surface area contributed by atoms with Crippen molar-refractivity contribution >= 4 is 5.91 Å². The molecule has 1 aromatic carbocycles. The van der Waals surface area contributed by atoms with Crippen LogP contribution in [0.1, 0.15) is 21.9 Å². The third-order valence-electron chi connectivity index (χ3n) is 2.68. The SMILES string of the molecule is COc1cc(CNC(=O)c2ccnc(C)n2)ccc1F. The van der Waals surface area contributed by atoms with Gasteiger partial charge in [-0.2, -0.15) is 0 Å². The van der Waals surface area contributed by atoms with E-state index in [-0.39, 0.29) is 18.2 Å². The maximum absolute atomic E-state index is 13.2. The Hall–Kier alpha value is -2.50. The van der Waals surface area contributed by atoms with Crippen molar-refractivity contribution in [3.8, 4) is 5.75 Å². The van der Waals surface area contributed by atoms with Crippen LogP contribution in [0.3, 0.4) is 0 Å². The number of nitrogens with one attached hydrogen (secondary N) is 1. The fourth-order valence-electron chi connectivity index (χ4n) is 1.67. The van der Waals surface area contributed by atoms with Gasteiger partial charge < -0.3 is 10.1 Å². The fraction of sp³-hybridized carbons (Fsp3) is 0.214. The van der Waals surface area contributed by atoms with Gasteiger partial charge >= 0.3 is 0 Å². The Morgan fingerprint density at radius 1 is 1.40 bits per heavy atom. The van der Waals surface area contributed by atoms with Crippen LogP contribution >= 0.6 is 0 Å². The molecular formula is C14H14FN3O2. The molecule has 0 bridgehead atoms. The molecule has 1 aromatic heterocycles. The second-order valence-electron chi connectivity index (χ2n) is 4.14. The van der Waals surface area contributed by atoms with E-state index in [9.17, 15) is 9.18 Å². The Morgan fingerprint density at radius 2 is 2.20 bits per heavy atom. The number of hydrogen-bond donors (Lipinski definition) is 1. The van der Waals surface area contributed by atoms with E-state index in [0.29, 0.717) is 11.5 Å². The average Bonchev–Trinajstić information content (AvgIpc) is 2.46. The molecule has 0 radical (unpaired) electrons. The number of carbonyl (C=O) groups excluding carboxylic acids is 1. The van der Waals surface area contributed by atoms with Crippen LogP contribution in [0, 0.1) is 12.7 Å². The van der Waals surface area contributed by atoms with Gasteiger partial charge in [-0.3, -0.25) is 4.79 Å². The molecule has 1 heterocycles. The van der Waals surface area contributed by atoms with E-state index in [1.165, 1.54) is 25.4 Å². The van der Waals surface area contributed by atoms with Gasteiger partial charge in [-0.05, 0) is 30.7 Å². The highest BCUT2D eigenvalue weighted by atomic mass is 19.1. The standard InChI is InChI=1S/C14H14FN3O2/c1-9-16-6-5-12(18-9)14(19)17-8-10-3-4-11(15)13(7-10)20-2/h3-7H,8H2,1-2H3,(H,17,19). The minimum Gasteiger partial charge on any atom is -0.494 e. The molecule has 1 N–H and O–H groups in total. The van der Waals surface area contributed by atoms with Crippen LogP contribution in [-0.4, -0.2) is 23.0 Å². The Bertz CT molecular complexity index is 632. The predicted octanol–water partition coefficient (Wildman–Crippen LogP) is 1.86. The summed E-state index contributed by atoms with van der Waals surface area (Å²) in [5.41, 5.74) is 1.04. The summed E-state index contributed by atoms with van der Waals surface area (Å²) in [6.07, 6.45) is 1.53. The first-order valence-electron chi connectivity index (χ1n) is 6.00. The lowest BCUT2D eigenvalue weighted by atomic mass is 10.2. The number of hydrogen-bond acceptors (Lipinski definition) is 4. The van der Waals surface area contributed by atoms with Crippen molar-refractivity contribution in [1.29, 1.82) is 0 Å². The molecule has 2 aromatic rings. The number of nitrogens with zero attached hydrogens (tertiary/aromatic N) is 2. The third kappa shape index (κ3) is 3.28. The number of carbonyl (C=O) groups is 1. The van der Waals surface area contributed by atoms with Gasteiger partial charge in [0.1, 0.15) is 11.5 Å². The predicted molar refractivity (Wildman–Crippen MR) is 70.9 cm³/mol. The average molecular weight is 275 g/mol. The van der Waals surface area contributed by atoms with Crippen LogP contribution in [0.4, 0.5) is 4.39 Å². The molecule has 0 aliphatic carbocycles. The highest BCUT2D eigenvalue weighted by molar-refractivity contribution is 5.92. The number of halogens is 1. The van der Waals surface area contributed by atoms with Crippen molar-refractivity contribution in [2.24, 2.45) is 0 Å². The highest BCUT2D eigenvalue weighted by Crippen LogP contribution is 2.18. The molecule has 0 saturated carbocycles. The molecule has 2 rings (SSSR count). The summed E-state index contributed by atoms with van der Waals surface area (Å²) in [6, 6.07) is 5.97. The van der Waals surface area contributed by atoms with Crippen LogP contribution in [0.15, 0.2) is 30.5 Å². The summed E-state index contributed by atoms with van der Waals surface area (Å²) in [5.74, 6) is -0.0662. The smallest absolute Gasteiger partial charge is 0.270 e. The van der Waals surface area contributed by atoms with Gasteiger partial charge in [0.05, 0.1) is 7.11 Å². The lowest BCUT2D eigenvalue weighted by Crippen LogP contribution is -2.24. The molecule has 0 unspecified atom stereocenters. The van der Waals surface area contributed by atoms with E-state index in [4.69, 9.17) is 4.74 Å². The summed E-state index contributed by atoms with van der Waals surface area (Å²) < 4.78 is 18.1. The van der Waals surface area contributed by atoms with Crippen molar-refractivity contribution in [3.63, 3.8) is 0 Å². The summed E-state index contributed by atoms with van der Waals surface area (Å²) in [4.78, 5) is 19.8. The van der Waals surface area contributed by atoms with Crippen LogP contribution in [0.2, 0.25) is 0 Å². The van der Waals surface area contributed by atoms with Crippen LogP contribution in [0.25, 0.3) is 0 Å². The van der Waals surface area contributed by atoms with Crippen molar-refractivity contribution < 1.29 is 13.9 Å². The number of methoxy groups -OCH3 is 1. The van der Waals surface area contributed by atoms with Gasteiger partial charge in [0.2, 0.25) is 0 Å². The fourth-order valence-corrected chi connectivity index (χ4v) is 1.67. The molecule has 0 spiro atoms. The first-order valence-corrected chi connectivity index (χ1v) is 6.00. The van der Waals surface area contributed by atoms with Gasteiger partial charge in [-0.1, -0.05) is 6.07 Å². The second kappa shape index (κ2) is 6.10. The van der Waals surface area contributed by atoms with Crippen molar-refractivity contribution in [1.82, 2.24) is 15.3 Å². The molecular weight excluding hydrogens is 261 g/mol. The Labute approximate surface area is 115 Å². The first-order chi connectivity index (χ1) is 9.60. The lowest BCUT2D eigenvalue weighted by molar-refractivity contribution is 0.0945. The van der Waals surface area contributed by atoms with E-state index < -0.39 is 5.82 Å². The molecule has 5 nitrogen and oxygen atoms in total. The molecule has 6 heteroatoms. The van der Waals surface area contributed by atoms with Gasteiger partial charge in [-0.15, -0.1) is 0 Å². The van der Waals surface area contributed by atoms with Crippen LogP contribution < -0.4 is 10.1 Å². The number of rotatable bonds is 4. The first kappa shape index (κ1) is 13.9. The van der Waals surface area contributed by atoms with E-state index in [1.807, 2.05) is 0 Å². The molecule has 20 heavy (non-hydrogen) atoms. The molecule has 1 amide bonds. The monoisotopic (exact) mass is 275 g/mol. The Balaban J connectivity index is 2.03. The topological polar surface area (TPSA) is 64.1 Å². The maximum Gasteiger partial charge on any atom is 0.270 e. The van der Waals surface area contributed by atoms with Crippen LogP contribution in [0.5, 0.6) is 5.75 Å². The second-order valence-corrected chi connectivity index (χ2v) is 4.14. The summed E-state index contributed by atoms with van der Waals surface area (Å²) >= 11 is 0. The van der Waals surface area contributed by atoms with E-state index in [1.54, 1.807) is 19.1 Å². The largest absolute Gasteiger partial charge is 0.494 e. The van der Waals surface area contributed by atoms with Crippen molar-refractivity contribution in [3.05, 3.63) is 53.4 Å². The minimum absolute atomic E-state index is 0.148. The van der Waals surface area contributed by atoms with E-state index in [0.717, 1.165) is 5.56 Å². The van der Waals surface area contributed by atoms with Crippen molar-refractivity contribution in [2.75, 3.05) is 7.11 Å². The summed E-state index contributed by atoms with van der Waals surface area (Å²) in [5, 5.41) is 2.71.